The molecule has 0 aliphatic carbocycles. The zero-order valence-corrected chi connectivity index (χ0v) is 20.3. The molecule has 8 heteroatoms. The maximum atomic E-state index is 12.5. The lowest BCUT2D eigenvalue weighted by molar-refractivity contribution is 0.0977. The fraction of sp³-hybridized carbons (Fsp3) is 0.259. The van der Waals surface area contributed by atoms with Crippen LogP contribution in [0.25, 0.3) is 11.1 Å². The van der Waals surface area contributed by atoms with Crippen molar-refractivity contribution in [1.82, 2.24) is 4.72 Å². The normalized spacial score (nSPS) is 12.2. The molecule has 0 aliphatic heterocycles. The third-order valence-corrected chi connectivity index (χ3v) is 5.85. The monoisotopic (exact) mass is 498 g/mol. The molecule has 3 aromatic carbocycles. The van der Waals surface area contributed by atoms with E-state index in [0.717, 1.165) is 34.9 Å². The molecule has 0 aromatic heterocycles. The summed E-state index contributed by atoms with van der Waals surface area (Å²) in [6.07, 6.45) is 3.81. The van der Waals surface area contributed by atoms with E-state index >= 15 is 0 Å². The van der Waals surface area contributed by atoms with Gasteiger partial charge in [-0.1, -0.05) is 60.7 Å². The third kappa shape index (κ3) is 8.19. The van der Waals surface area contributed by atoms with E-state index in [1.807, 2.05) is 65.7 Å². The van der Waals surface area contributed by atoms with E-state index in [4.69, 9.17) is 4.74 Å². The lowest BCUT2D eigenvalue weighted by Gasteiger charge is -2.13. The van der Waals surface area contributed by atoms with Crippen LogP contribution >= 0.6 is 0 Å². The van der Waals surface area contributed by atoms with Gasteiger partial charge in [0.15, 0.2) is 0 Å². The number of ether oxygens (including phenoxy) is 1. The minimum atomic E-state index is -3.74. The van der Waals surface area contributed by atoms with Crippen LogP contribution in [0.1, 0.15) is 40.4 Å². The Balaban J connectivity index is 1.69. The Morgan fingerprint density at radius 3 is 2.40 bits per heavy atom. The van der Waals surface area contributed by atoms with Gasteiger partial charge in [0.05, 0.1) is 31.2 Å². The van der Waals surface area contributed by atoms with Crippen molar-refractivity contribution in [3.8, 4) is 16.9 Å². The number of sulfonamides is 1. The van der Waals surface area contributed by atoms with E-state index in [0.29, 0.717) is 6.42 Å². The second kappa shape index (κ2) is 12.5. The molecular formula is C27H29FNO5S. The van der Waals surface area contributed by atoms with E-state index in [2.05, 4.69) is 0 Å². The number of hydrogen-bond donors (Lipinski definition) is 2. The summed E-state index contributed by atoms with van der Waals surface area (Å²) in [6, 6.07) is 22.2. The summed E-state index contributed by atoms with van der Waals surface area (Å²) in [5.41, 5.74) is 3.68. The first-order valence-corrected chi connectivity index (χ1v) is 13.2. The number of alkyl halides is 1. The minimum Gasteiger partial charge on any atom is -0.493 e. The average molecular weight is 499 g/mol. The van der Waals surface area contributed by atoms with Crippen LogP contribution in [0.3, 0.4) is 0 Å². The number of amides is 1. The van der Waals surface area contributed by atoms with Gasteiger partial charge in [0.25, 0.3) is 5.91 Å². The van der Waals surface area contributed by atoms with E-state index < -0.39 is 28.7 Å². The molecule has 1 radical (unpaired) electrons. The third-order valence-electron chi connectivity index (χ3n) is 5.29. The maximum Gasteiger partial charge on any atom is 0.268 e. The standard InChI is InChI=1S/C27H29FNO5S/c1-35(32,33)29-27(31)24-16-15-23(19-26(24)34-18-6-17-28)21-13-11-20(12-14-21)7-5-10-25(30)22-8-3-2-4-9-22/h2-4,8-16,19,25,30H,5-7,17-18H2,1H3,(H,29,31)/t25-/m1/s1. The minimum absolute atomic E-state index is 0.0576. The highest BCUT2D eigenvalue weighted by molar-refractivity contribution is 7.89. The number of benzene rings is 3. The Hall–Kier alpha value is -3.23. The highest BCUT2D eigenvalue weighted by Gasteiger charge is 2.17. The van der Waals surface area contributed by atoms with Crippen LogP contribution in [-0.4, -0.2) is 39.0 Å². The number of nitrogens with one attached hydrogen (secondary N) is 1. The molecule has 0 unspecified atom stereocenters. The predicted molar refractivity (Wildman–Crippen MR) is 134 cm³/mol. The first-order valence-electron chi connectivity index (χ1n) is 11.3. The van der Waals surface area contributed by atoms with Gasteiger partial charge in [-0.05, 0) is 53.6 Å². The summed E-state index contributed by atoms with van der Waals surface area (Å²) in [5.74, 6) is -0.621. The van der Waals surface area contributed by atoms with Crippen molar-refractivity contribution in [2.24, 2.45) is 0 Å². The van der Waals surface area contributed by atoms with Gasteiger partial charge in [-0.15, -0.1) is 0 Å². The van der Waals surface area contributed by atoms with Gasteiger partial charge >= 0.3 is 0 Å². The Labute approximate surface area is 205 Å². The van der Waals surface area contributed by atoms with Crippen molar-refractivity contribution in [2.75, 3.05) is 19.5 Å². The van der Waals surface area contributed by atoms with Gasteiger partial charge in [-0.2, -0.15) is 0 Å². The van der Waals surface area contributed by atoms with Crippen molar-refractivity contribution in [3.05, 3.63) is 95.9 Å². The fourth-order valence-electron chi connectivity index (χ4n) is 3.53. The topological polar surface area (TPSA) is 92.7 Å². The largest absolute Gasteiger partial charge is 0.493 e. The summed E-state index contributed by atoms with van der Waals surface area (Å²) in [5, 5.41) is 10.3. The lowest BCUT2D eigenvalue weighted by atomic mass is 9.98. The number of carbonyl (C=O) groups is 1. The summed E-state index contributed by atoms with van der Waals surface area (Å²) in [4.78, 5) is 12.4. The van der Waals surface area contributed by atoms with E-state index in [-0.39, 0.29) is 24.3 Å². The summed E-state index contributed by atoms with van der Waals surface area (Å²) in [6.45, 7) is -0.505. The molecule has 0 aliphatic rings. The van der Waals surface area contributed by atoms with E-state index in [1.54, 1.807) is 12.1 Å². The van der Waals surface area contributed by atoms with Gasteiger partial charge in [0.2, 0.25) is 10.0 Å². The molecule has 0 spiro atoms. The number of hydrogen-bond acceptors (Lipinski definition) is 5. The van der Waals surface area contributed by atoms with E-state index in [9.17, 15) is 22.7 Å². The predicted octanol–water partition coefficient (Wildman–Crippen LogP) is 4.65. The van der Waals surface area contributed by atoms with Crippen LogP contribution < -0.4 is 9.46 Å². The van der Waals surface area contributed by atoms with Gasteiger partial charge in [-0.25, -0.2) is 13.1 Å². The SMILES string of the molecule is CS(=O)(=O)NC(=O)c1ccc(-c2ccc(CC[CH][C@@H](O)c3ccccc3)cc2)cc1OCCCF. The molecule has 185 valence electrons. The number of rotatable bonds is 12. The quantitative estimate of drug-likeness (QED) is 0.355. The molecule has 0 bridgehead atoms. The molecular weight excluding hydrogens is 469 g/mol. The van der Waals surface area contributed by atoms with Crippen molar-refractivity contribution in [2.45, 2.75) is 25.4 Å². The average Bonchev–Trinajstić information content (AvgIpc) is 2.84. The Kier molecular flexibility index (Phi) is 9.39. The number of aryl methyl sites for hydroxylation is 1. The smallest absolute Gasteiger partial charge is 0.268 e. The summed E-state index contributed by atoms with van der Waals surface area (Å²) < 4.78 is 42.9. The number of aliphatic hydroxyl groups excluding tert-OH is 1. The highest BCUT2D eigenvalue weighted by atomic mass is 32.2. The number of halogens is 1. The van der Waals surface area contributed by atoms with E-state index in [1.165, 1.54) is 6.07 Å². The molecule has 35 heavy (non-hydrogen) atoms. The first kappa shape index (κ1) is 26.4. The van der Waals surface area contributed by atoms with Gasteiger partial charge in [-0.3, -0.25) is 9.18 Å². The van der Waals surface area contributed by atoms with Crippen LogP contribution in [0.15, 0.2) is 72.8 Å². The zero-order valence-electron chi connectivity index (χ0n) is 19.5. The first-order chi connectivity index (χ1) is 16.8. The van der Waals surface area contributed by atoms with Crippen LogP contribution in [0, 0.1) is 6.42 Å². The van der Waals surface area contributed by atoms with Crippen LogP contribution in [0.2, 0.25) is 0 Å². The van der Waals surface area contributed by atoms with Crippen LogP contribution in [0.4, 0.5) is 4.39 Å². The molecule has 2 N–H and O–H groups in total. The zero-order chi connectivity index (χ0) is 25.3. The summed E-state index contributed by atoms with van der Waals surface area (Å²) >= 11 is 0. The highest BCUT2D eigenvalue weighted by Crippen LogP contribution is 2.29. The molecule has 0 saturated carbocycles. The number of carbonyl (C=O) groups excluding carboxylic acids is 1. The molecule has 1 amide bonds. The van der Waals surface area contributed by atoms with Crippen molar-refractivity contribution in [1.29, 1.82) is 0 Å². The number of aliphatic hydroxyl groups is 1. The molecule has 3 rings (SSSR count). The van der Waals surface area contributed by atoms with Crippen LogP contribution in [-0.2, 0) is 16.4 Å². The van der Waals surface area contributed by atoms with Crippen molar-refractivity contribution >= 4 is 15.9 Å². The Morgan fingerprint density at radius 2 is 1.74 bits per heavy atom. The maximum absolute atomic E-state index is 12.5. The molecule has 1 atom stereocenters. The van der Waals surface area contributed by atoms with Gasteiger partial charge < -0.3 is 9.84 Å². The second-order valence-corrected chi connectivity index (χ2v) is 9.88. The van der Waals surface area contributed by atoms with Gasteiger partial charge in [0, 0.05) is 6.42 Å². The Morgan fingerprint density at radius 1 is 1.06 bits per heavy atom. The van der Waals surface area contributed by atoms with Crippen molar-refractivity contribution in [3.63, 3.8) is 0 Å². The van der Waals surface area contributed by atoms with Gasteiger partial charge in [0.1, 0.15) is 5.75 Å². The second-order valence-electron chi connectivity index (χ2n) is 8.13. The molecule has 6 nitrogen and oxygen atoms in total. The van der Waals surface area contributed by atoms with Crippen LogP contribution in [0.5, 0.6) is 5.75 Å². The fourth-order valence-corrected chi connectivity index (χ4v) is 3.97. The molecule has 0 saturated heterocycles. The summed E-state index contributed by atoms with van der Waals surface area (Å²) in [7, 11) is -3.74. The molecule has 0 fully saturated rings. The lowest BCUT2D eigenvalue weighted by Crippen LogP contribution is -2.29. The van der Waals surface area contributed by atoms with Crippen molar-refractivity contribution < 1.29 is 27.4 Å². The molecule has 0 heterocycles. The Bertz CT molecular complexity index is 1210. The molecule has 3 aromatic rings.